The molecule has 0 N–H and O–H groups in total. The van der Waals surface area contributed by atoms with Gasteiger partial charge in [0.15, 0.2) is 17.5 Å². The van der Waals surface area contributed by atoms with Crippen LogP contribution >= 0.6 is 0 Å². The molecule has 0 radical (unpaired) electrons. The molecule has 134 valence electrons. The summed E-state index contributed by atoms with van der Waals surface area (Å²) < 4.78 is 27.8. The zero-order valence-corrected chi connectivity index (χ0v) is 14.8. The number of rotatable bonds is 3. The lowest BCUT2D eigenvalue weighted by molar-refractivity contribution is 0.511. The van der Waals surface area contributed by atoms with Crippen molar-refractivity contribution in [2.24, 2.45) is 0 Å². The van der Waals surface area contributed by atoms with Crippen LogP contribution in [0.15, 0.2) is 60.9 Å². The molecule has 0 aliphatic carbocycles. The van der Waals surface area contributed by atoms with E-state index in [2.05, 4.69) is 15.0 Å². The molecule has 4 rings (SSSR count). The fraction of sp³-hybridized carbons (Fsp3) is 0.0952. The van der Waals surface area contributed by atoms with Crippen LogP contribution in [0.25, 0.3) is 33.4 Å². The zero-order chi connectivity index (χ0) is 19.0. The quantitative estimate of drug-likeness (QED) is 0.530. The first kappa shape index (κ1) is 17.0. The molecule has 0 unspecified atom stereocenters. The number of anilines is 1. The summed E-state index contributed by atoms with van der Waals surface area (Å²) >= 11 is 0. The molecule has 2 aromatic heterocycles. The SMILES string of the molecule is CN(C)c1nc(-c2cccnc2)nc2ccc(-c3cccc(F)c3F)cc12. The highest BCUT2D eigenvalue weighted by atomic mass is 19.2. The molecule has 0 amide bonds. The average Bonchev–Trinajstić information content (AvgIpc) is 2.69. The van der Waals surface area contributed by atoms with Gasteiger partial charge in [0.25, 0.3) is 0 Å². The Labute approximate surface area is 155 Å². The summed E-state index contributed by atoms with van der Waals surface area (Å²) in [6.45, 7) is 0. The monoisotopic (exact) mass is 362 g/mol. The second-order valence-corrected chi connectivity index (χ2v) is 6.34. The third-order valence-electron chi connectivity index (χ3n) is 4.28. The second-order valence-electron chi connectivity index (χ2n) is 6.34. The maximum atomic E-state index is 14.2. The Kier molecular flexibility index (Phi) is 4.24. The highest BCUT2D eigenvalue weighted by Crippen LogP contribution is 2.32. The van der Waals surface area contributed by atoms with E-state index in [0.717, 1.165) is 17.0 Å². The van der Waals surface area contributed by atoms with Crippen LogP contribution in [-0.4, -0.2) is 29.0 Å². The summed E-state index contributed by atoms with van der Waals surface area (Å²) in [5.74, 6) is -0.485. The molecule has 4 aromatic rings. The molecule has 27 heavy (non-hydrogen) atoms. The van der Waals surface area contributed by atoms with Crippen molar-refractivity contribution < 1.29 is 8.78 Å². The number of fused-ring (bicyclic) bond motifs is 1. The van der Waals surface area contributed by atoms with E-state index in [9.17, 15) is 8.78 Å². The van der Waals surface area contributed by atoms with E-state index in [-0.39, 0.29) is 5.56 Å². The topological polar surface area (TPSA) is 41.9 Å². The third kappa shape index (κ3) is 3.10. The number of hydrogen-bond donors (Lipinski definition) is 0. The van der Waals surface area contributed by atoms with Crippen LogP contribution in [0.3, 0.4) is 0 Å². The Morgan fingerprint density at radius 1 is 0.889 bits per heavy atom. The number of nitrogens with zero attached hydrogens (tertiary/aromatic N) is 4. The Bertz CT molecular complexity index is 1130. The molecule has 2 heterocycles. The molecule has 0 atom stereocenters. The first-order valence-corrected chi connectivity index (χ1v) is 8.38. The lowest BCUT2D eigenvalue weighted by Gasteiger charge is -2.16. The maximum absolute atomic E-state index is 14.2. The van der Waals surface area contributed by atoms with Gasteiger partial charge in [-0.2, -0.15) is 0 Å². The van der Waals surface area contributed by atoms with E-state index in [1.165, 1.54) is 6.07 Å². The fourth-order valence-corrected chi connectivity index (χ4v) is 2.97. The summed E-state index contributed by atoms with van der Waals surface area (Å²) in [5, 5.41) is 0.758. The average molecular weight is 362 g/mol. The number of halogens is 2. The van der Waals surface area contributed by atoms with Gasteiger partial charge < -0.3 is 4.90 Å². The van der Waals surface area contributed by atoms with Gasteiger partial charge in [0, 0.05) is 43.0 Å². The molecular weight excluding hydrogens is 346 g/mol. The smallest absolute Gasteiger partial charge is 0.166 e. The Hall–Kier alpha value is -3.41. The van der Waals surface area contributed by atoms with Crippen molar-refractivity contribution in [2.45, 2.75) is 0 Å². The maximum Gasteiger partial charge on any atom is 0.166 e. The lowest BCUT2D eigenvalue weighted by atomic mass is 10.0. The first-order valence-electron chi connectivity index (χ1n) is 8.38. The minimum atomic E-state index is -0.872. The van der Waals surface area contributed by atoms with Crippen LogP contribution in [0.2, 0.25) is 0 Å². The minimum Gasteiger partial charge on any atom is -0.362 e. The van der Waals surface area contributed by atoms with E-state index in [0.29, 0.717) is 22.7 Å². The number of pyridine rings is 1. The minimum absolute atomic E-state index is 0.206. The van der Waals surface area contributed by atoms with E-state index in [4.69, 9.17) is 0 Å². The van der Waals surface area contributed by atoms with E-state index in [1.807, 2.05) is 31.1 Å². The van der Waals surface area contributed by atoms with Gasteiger partial charge in [0.1, 0.15) is 5.82 Å². The third-order valence-corrected chi connectivity index (χ3v) is 4.28. The Balaban J connectivity index is 1.94. The van der Waals surface area contributed by atoms with Gasteiger partial charge in [0.2, 0.25) is 0 Å². The van der Waals surface area contributed by atoms with Gasteiger partial charge in [-0.15, -0.1) is 0 Å². The van der Waals surface area contributed by atoms with Crippen molar-refractivity contribution in [3.63, 3.8) is 0 Å². The highest BCUT2D eigenvalue weighted by molar-refractivity contribution is 5.94. The van der Waals surface area contributed by atoms with Crippen molar-refractivity contribution in [3.05, 3.63) is 72.6 Å². The fourth-order valence-electron chi connectivity index (χ4n) is 2.97. The van der Waals surface area contributed by atoms with Crippen LogP contribution in [0.5, 0.6) is 0 Å². The standard InChI is InChI=1S/C21H16F2N4/c1-27(2)21-16-11-13(15-6-3-7-17(22)19(15)23)8-9-18(16)25-20(26-21)14-5-4-10-24-12-14/h3-12H,1-2H3. The van der Waals surface area contributed by atoms with Crippen molar-refractivity contribution in [1.82, 2.24) is 15.0 Å². The van der Waals surface area contributed by atoms with E-state index >= 15 is 0 Å². The van der Waals surface area contributed by atoms with Gasteiger partial charge >= 0.3 is 0 Å². The molecule has 0 aliphatic heterocycles. The number of benzene rings is 2. The van der Waals surface area contributed by atoms with Gasteiger partial charge in [-0.25, -0.2) is 18.7 Å². The largest absolute Gasteiger partial charge is 0.362 e. The van der Waals surface area contributed by atoms with Crippen molar-refractivity contribution in [1.29, 1.82) is 0 Å². The molecule has 0 saturated carbocycles. The van der Waals surface area contributed by atoms with Crippen LogP contribution in [0, 0.1) is 11.6 Å². The number of aromatic nitrogens is 3. The van der Waals surface area contributed by atoms with Crippen molar-refractivity contribution in [2.75, 3.05) is 19.0 Å². The van der Waals surface area contributed by atoms with Crippen LogP contribution < -0.4 is 4.90 Å². The van der Waals surface area contributed by atoms with Crippen LogP contribution in [0.4, 0.5) is 14.6 Å². The highest BCUT2D eigenvalue weighted by Gasteiger charge is 2.15. The molecule has 0 fully saturated rings. The molecule has 0 spiro atoms. The molecule has 0 bridgehead atoms. The van der Waals surface area contributed by atoms with Crippen molar-refractivity contribution in [3.8, 4) is 22.5 Å². The molecular formula is C21H16F2N4. The first-order chi connectivity index (χ1) is 13.0. The normalized spacial score (nSPS) is 11.0. The summed E-state index contributed by atoms with van der Waals surface area (Å²) in [5.41, 5.74) is 2.30. The predicted octanol–water partition coefficient (Wildman–Crippen LogP) is 4.70. The molecule has 2 aromatic carbocycles. The summed E-state index contributed by atoms with van der Waals surface area (Å²) in [6, 6.07) is 13.2. The van der Waals surface area contributed by atoms with Gasteiger partial charge in [-0.05, 0) is 35.9 Å². The van der Waals surface area contributed by atoms with Gasteiger partial charge in [-0.3, -0.25) is 4.98 Å². The Morgan fingerprint density at radius 2 is 1.74 bits per heavy atom. The molecule has 0 aliphatic rings. The second kappa shape index (κ2) is 6.72. The predicted molar refractivity (Wildman–Crippen MR) is 102 cm³/mol. The van der Waals surface area contributed by atoms with Gasteiger partial charge in [-0.1, -0.05) is 18.2 Å². The summed E-state index contributed by atoms with van der Waals surface area (Å²) in [7, 11) is 3.76. The number of hydrogen-bond acceptors (Lipinski definition) is 4. The van der Waals surface area contributed by atoms with Gasteiger partial charge in [0.05, 0.1) is 5.52 Å². The van der Waals surface area contributed by atoms with Crippen LogP contribution in [0.1, 0.15) is 0 Å². The zero-order valence-electron chi connectivity index (χ0n) is 14.8. The van der Waals surface area contributed by atoms with E-state index < -0.39 is 11.6 Å². The summed E-state index contributed by atoms with van der Waals surface area (Å²) in [4.78, 5) is 15.3. The molecule has 4 nitrogen and oxygen atoms in total. The van der Waals surface area contributed by atoms with Crippen LogP contribution in [-0.2, 0) is 0 Å². The molecule has 0 saturated heterocycles. The Morgan fingerprint density at radius 3 is 2.48 bits per heavy atom. The lowest BCUT2D eigenvalue weighted by Crippen LogP contribution is -2.12. The van der Waals surface area contributed by atoms with E-state index in [1.54, 1.807) is 36.7 Å². The van der Waals surface area contributed by atoms with Crippen molar-refractivity contribution >= 4 is 16.7 Å². The molecule has 6 heteroatoms. The summed E-state index contributed by atoms with van der Waals surface area (Å²) in [6.07, 6.45) is 3.40.